The lowest BCUT2D eigenvalue weighted by Crippen LogP contribution is -2.25. The summed E-state index contributed by atoms with van der Waals surface area (Å²) in [6, 6.07) is 13.2. The summed E-state index contributed by atoms with van der Waals surface area (Å²) in [7, 11) is -1.32. The molecule has 3 aromatic rings. The number of nitrogens with zero attached hydrogens (tertiary/aromatic N) is 2. The van der Waals surface area contributed by atoms with E-state index in [2.05, 4.69) is 4.98 Å². The molecule has 26 heavy (non-hydrogen) atoms. The highest BCUT2D eigenvalue weighted by atomic mass is 32.2. The van der Waals surface area contributed by atoms with Crippen molar-refractivity contribution in [2.45, 2.75) is 11.5 Å². The Balaban J connectivity index is 1.75. The molecule has 2 aromatic carbocycles. The van der Waals surface area contributed by atoms with Crippen LogP contribution in [-0.4, -0.2) is 38.0 Å². The van der Waals surface area contributed by atoms with E-state index in [-0.39, 0.29) is 17.1 Å². The number of esters is 1. The van der Waals surface area contributed by atoms with Crippen molar-refractivity contribution in [2.24, 2.45) is 0 Å². The number of carbonyl (C=O) groups is 1. The molecular formula is C17H16N2O5S2. The van der Waals surface area contributed by atoms with Gasteiger partial charge in [0.2, 0.25) is 0 Å². The first-order chi connectivity index (χ1) is 12.4. The van der Waals surface area contributed by atoms with Crippen molar-refractivity contribution in [3.63, 3.8) is 0 Å². The highest BCUT2D eigenvalue weighted by molar-refractivity contribution is 7.89. The molecule has 0 saturated carbocycles. The standard InChI is InChI=1S/C17H16N2O5S2/c1-19(23-2)26(21,22)13-7-5-6-12(10-13)17(20)24-11-16-18-14-8-3-4-9-15(14)25-16/h3-10H,11H2,1-2H3. The number of carbonyl (C=O) groups excluding carboxylic acids is 1. The fraction of sp³-hybridized carbons (Fsp3) is 0.176. The maximum Gasteiger partial charge on any atom is 0.338 e. The zero-order valence-electron chi connectivity index (χ0n) is 14.1. The molecule has 1 heterocycles. The summed E-state index contributed by atoms with van der Waals surface area (Å²) in [5.74, 6) is -0.624. The zero-order chi connectivity index (χ0) is 18.7. The second-order valence-corrected chi connectivity index (χ2v) is 8.33. The number of aromatic nitrogens is 1. The molecule has 1 aromatic heterocycles. The number of rotatable bonds is 6. The van der Waals surface area contributed by atoms with Gasteiger partial charge >= 0.3 is 5.97 Å². The van der Waals surface area contributed by atoms with Gasteiger partial charge in [-0.05, 0) is 30.3 Å². The second kappa shape index (κ2) is 7.50. The van der Waals surface area contributed by atoms with E-state index < -0.39 is 16.0 Å². The third kappa shape index (κ3) is 3.75. The Morgan fingerprint density at radius 3 is 2.69 bits per heavy atom. The van der Waals surface area contributed by atoms with Crippen LogP contribution in [0.3, 0.4) is 0 Å². The van der Waals surface area contributed by atoms with Gasteiger partial charge in [-0.15, -0.1) is 11.3 Å². The second-order valence-electron chi connectivity index (χ2n) is 5.28. The van der Waals surface area contributed by atoms with Crippen molar-refractivity contribution in [2.75, 3.05) is 14.2 Å². The van der Waals surface area contributed by atoms with Crippen molar-refractivity contribution in [3.05, 3.63) is 59.1 Å². The van der Waals surface area contributed by atoms with Crippen LogP contribution >= 0.6 is 11.3 Å². The predicted octanol–water partition coefficient (Wildman–Crippen LogP) is 2.84. The maximum absolute atomic E-state index is 12.3. The minimum Gasteiger partial charge on any atom is -0.455 e. The molecule has 0 amide bonds. The average molecular weight is 392 g/mol. The van der Waals surface area contributed by atoms with Gasteiger partial charge in [-0.2, -0.15) is 0 Å². The Hall–Kier alpha value is -2.33. The summed E-state index contributed by atoms with van der Waals surface area (Å²) in [5, 5.41) is 0.669. The predicted molar refractivity (Wildman–Crippen MR) is 97.1 cm³/mol. The average Bonchev–Trinajstić information content (AvgIpc) is 3.08. The third-order valence-corrected chi connectivity index (χ3v) is 6.31. The Labute approximate surface area is 154 Å². The molecule has 136 valence electrons. The van der Waals surface area contributed by atoms with Crippen LogP contribution in [0.25, 0.3) is 10.2 Å². The van der Waals surface area contributed by atoms with E-state index in [9.17, 15) is 13.2 Å². The molecule has 0 aliphatic rings. The Kier molecular flexibility index (Phi) is 5.33. The Morgan fingerprint density at radius 1 is 1.19 bits per heavy atom. The van der Waals surface area contributed by atoms with E-state index in [1.807, 2.05) is 24.3 Å². The van der Waals surface area contributed by atoms with E-state index in [1.165, 1.54) is 49.8 Å². The van der Waals surface area contributed by atoms with E-state index in [1.54, 1.807) is 0 Å². The molecule has 3 rings (SSSR count). The van der Waals surface area contributed by atoms with Crippen LogP contribution in [0, 0.1) is 0 Å². The van der Waals surface area contributed by atoms with Crippen LogP contribution in [0.15, 0.2) is 53.4 Å². The molecule has 0 atom stereocenters. The molecule has 0 radical (unpaired) electrons. The molecule has 0 aliphatic carbocycles. The van der Waals surface area contributed by atoms with Crippen LogP contribution in [0.5, 0.6) is 0 Å². The van der Waals surface area contributed by atoms with E-state index >= 15 is 0 Å². The number of hydroxylamine groups is 1. The van der Waals surface area contributed by atoms with Crippen molar-refractivity contribution < 1.29 is 22.8 Å². The van der Waals surface area contributed by atoms with E-state index in [0.29, 0.717) is 5.01 Å². The molecular weight excluding hydrogens is 376 g/mol. The largest absolute Gasteiger partial charge is 0.455 e. The topological polar surface area (TPSA) is 85.8 Å². The first kappa shape index (κ1) is 18.5. The fourth-order valence-corrected chi connectivity index (χ4v) is 4.12. The van der Waals surface area contributed by atoms with Gasteiger partial charge in [-0.25, -0.2) is 18.2 Å². The van der Waals surface area contributed by atoms with Gasteiger partial charge < -0.3 is 4.74 Å². The number of benzene rings is 2. The molecule has 0 saturated heterocycles. The summed E-state index contributed by atoms with van der Waals surface area (Å²) >= 11 is 1.44. The molecule has 0 N–H and O–H groups in total. The molecule has 0 aliphatic heterocycles. The number of thiazole rings is 1. The highest BCUT2D eigenvalue weighted by Crippen LogP contribution is 2.22. The van der Waals surface area contributed by atoms with Gasteiger partial charge in [0.15, 0.2) is 0 Å². The number of hydrogen-bond acceptors (Lipinski definition) is 7. The van der Waals surface area contributed by atoms with Crippen molar-refractivity contribution in [1.82, 2.24) is 9.45 Å². The van der Waals surface area contributed by atoms with E-state index in [4.69, 9.17) is 9.57 Å². The first-order valence-electron chi connectivity index (χ1n) is 7.56. The zero-order valence-corrected chi connectivity index (χ0v) is 15.7. The lowest BCUT2D eigenvalue weighted by Gasteiger charge is -2.14. The van der Waals surface area contributed by atoms with Gasteiger partial charge in [0.1, 0.15) is 11.6 Å². The fourth-order valence-electron chi connectivity index (χ4n) is 2.22. The monoisotopic (exact) mass is 392 g/mol. The van der Waals surface area contributed by atoms with Gasteiger partial charge in [-0.3, -0.25) is 4.84 Å². The molecule has 7 nitrogen and oxygen atoms in total. The number of sulfonamides is 1. The number of hydrogen-bond donors (Lipinski definition) is 0. The summed E-state index contributed by atoms with van der Waals surface area (Å²) in [6.07, 6.45) is 0. The van der Waals surface area contributed by atoms with E-state index in [0.717, 1.165) is 14.7 Å². The maximum atomic E-state index is 12.3. The van der Waals surface area contributed by atoms with Gasteiger partial charge in [0, 0.05) is 7.05 Å². The highest BCUT2D eigenvalue weighted by Gasteiger charge is 2.22. The SMILES string of the molecule is CON(C)S(=O)(=O)c1cccc(C(=O)OCc2nc3ccccc3s2)c1. The normalized spacial score (nSPS) is 11.8. The number of ether oxygens (including phenoxy) is 1. The van der Waals surface area contributed by atoms with Crippen molar-refractivity contribution in [3.8, 4) is 0 Å². The summed E-state index contributed by atoms with van der Waals surface area (Å²) in [5.41, 5.74) is 0.982. The van der Waals surface area contributed by atoms with Crippen LogP contribution in [0.2, 0.25) is 0 Å². The smallest absolute Gasteiger partial charge is 0.338 e. The molecule has 0 bridgehead atoms. The number of para-hydroxylation sites is 1. The van der Waals surface area contributed by atoms with Crippen LogP contribution in [0.4, 0.5) is 0 Å². The molecule has 9 heteroatoms. The molecule has 0 spiro atoms. The number of fused-ring (bicyclic) bond motifs is 1. The van der Waals surface area contributed by atoms with Crippen LogP contribution in [0.1, 0.15) is 15.4 Å². The van der Waals surface area contributed by atoms with Gasteiger partial charge in [0.25, 0.3) is 10.0 Å². The third-order valence-electron chi connectivity index (χ3n) is 3.63. The Morgan fingerprint density at radius 2 is 1.96 bits per heavy atom. The minimum atomic E-state index is -3.84. The minimum absolute atomic E-state index is 0.0210. The molecule has 0 fully saturated rings. The van der Waals surface area contributed by atoms with Crippen LogP contribution < -0.4 is 0 Å². The lowest BCUT2D eigenvalue weighted by molar-refractivity contribution is -0.0258. The van der Waals surface area contributed by atoms with Crippen LogP contribution in [-0.2, 0) is 26.2 Å². The van der Waals surface area contributed by atoms with Crippen molar-refractivity contribution >= 4 is 37.5 Å². The van der Waals surface area contributed by atoms with Crippen molar-refractivity contribution in [1.29, 1.82) is 0 Å². The van der Waals surface area contributed by atoms with Gasteiger partial charge in [-0.1, -0.05) is 22.7 Å². The quantitative estimate of drug-likeness (QED) is 0.474. The summed E-state index contributed by atoms with van der Waals surface area (Å²) < 4.78 is 31.5. The summed E-state index contributed by atoms with van der Waals surface area (Å²) in [6.45, 7) is 0.0210. The Bertz CT molecular complexity index is 1010. The lowest BCUT2D eigenvalue weighted by atomic mass is 10.2. The molecule has 0 unspecified atom stereocenters. The first-order valence-corrected chi connectivity index (χ1v) is 9.82. The van der Waals surface area contributed by atoms with Gasteiger partial charge in [0.05, 0.1) is 27.8 Å². The summed E-state index contributed by atoms with van der Waals surface area (Å²) in [4.78, 5) is 21.3.